The molecule has 2 aliphatic heterocycles. The van der Waals surface area contributed by atoms with Crippen LogP contribution in [0, 0.1) is 11.6 Å². The SMILES string of the molecule is O=C(c1ccc2c(c1)cc(C(=O)N1CCC(F)(F)CC1)n2-c1cc(F)cc(F)c1)N1CCN(C2CCC2)CC1. The molecular formula is C29H30F4N4O2. The van der Waals surface area contributed by atoms with Crippen LogP contribution in [0.1, 0.15) is 53.0 Å². The summed E-state index contributed by atoms with van der Waals surface area (Å²) in [6.45, 7) is 2.71. The summed E-state index contributed by atoms with van der Waals surface area (Å²) in [5.74, 6) is -5.06. The van der Waals surface area contributed by atoms with E-state index in [0.717, 1.165) is 31.3 Å². The summed E-state index contributed by atoms with van der Waals surface area (Å²) in [7, 11) is 0. The van der Waals surface area contributed by atoms with E-state index in [-0.39, 0.29) is 30.4 Å². The third-order valence-corrected chi connectivity index (χ3v) is 8.35. The normalized spacial score (nSPS) is 20.3. The summed E-state index contributed by atoms with van der Waals surface area (Å²) in [6, 6.07) is 10.2. The molecule has 0 N–H and O–H groups in total. The highest BCUT2D eigenvalue weighted by molar-refractivity contribution is 6.03. The minimum absolute atomic E-state index is 0.0962. The van der Waals surface area contributed by atoms with E-state index in [2.05, 4.69) is 4.90 Å². The van der Waals surface area contributed by atoms with Gasteiger partial charge in [-0.3, -0.25) is 14.5 Å². The van der Waals surface area contributed by atoms with E-state index in [1.54, 1.807) is 24.3 Å². The number of carbonyl (C=O) groups is 2. The summed E-state index contributed by atoms with van der Waals surface area (Å²) in [6.07, 6.45) is 2.82. The standard InChI is InChI=1S/C29H30F4N4O2/c30-21-16-22(31)18-24(17-21)37-25-5-4-19(27(38)36-12-10-34(11-13-36)23-2-1-3-23)14-20(25)15-26(37)28(39)35-8-6-29(32,33)7-9-35/h4-5,14-18,23H,1-3,6-13H2. The van der Waals surface area contributed by atoms with Crippen LogP contribution < -0.4 is 0 Å². The first kappa shape index (κ1) is 25.9. The van der Waals surface area contributed by atoms with Gasteiger partial charge in [-0.05, 0) is 49.2 Å². The zero-order valence-corrected chi connectivity index (χ0v) is 21.5. The first-order valence-electron chi connectivity index (χ1n) is 13.5. The number of benzene rings is 2. The van der Waals surface area contributed by atoms with Gasteiger partial charge in [0.1, 0.15) is 17.3 Å². The molecule has 6 nitrogen and oxygen atoms in total. The van der Waals surface area contributed by atoms with Crippen molar-refractivity contribution in [2.75, 3.05) is 39.3 Å². The van der Waals surface area contributed by atoms with Crippen LogP contribution in [0.3, 0.4) is 0 Å². The van der Waals surface area contributed by atoms with Crippen molar-refractivity contribution in [2.24, 2.45) is 0 Å². The van der Waals surface area contributed by atoms with E-state index in [1.165, 1.54) is 28.7 Å². The van der Waals surface area contributed by atoms with Gasteiger partial charge in [0.25, 0.3) is 17.7 Å². The molecule has 0 spiro atoms. The number of hydrogen-bond donors (Lipinski definition) is 0. The average Bonchev–Trinajstić information content (AvgIpc) is 3.25. The van der Waals surface area contributed by atoms with Gasteiger partial charge in [0, 0.05) is 75.2 Å². The Hall–Kier alpha value is -3.40. The van der Waals surface area contributed by atoms with Crippen molar-refractivity contribution in [3.8, 4) is 5.69 Å². The Bertz CT molecular complexity index is 1400. The van der Waals surface area contributed by atoms with E-state index in [9.17, 15) is 27.2 Å². The lowest BCUT2D eigenvalue weighted by Crippen LogP contribution is -2.53. The Morgan fingerprint density at radius 3 is 2.03 bits per heavy atom. The van der Waals surface area contributed by atoms with Crippen molar-refractivity contribution in [1.82, 2.24) is 19.3 Å². The highest BCUT2D eigenvalue weighted by atomic mass is 19.3. The Morgan fingerprint density at radius 2 is 1.41 bits per heavy atom. The highest BCUT2D eigenvalue weighted by Gasteiger charge is 2.37. The third kappa shape index (κ3) is 5.02. The van der Waals surface area contributed by atoms with Crippen molar-refractivity contribution in [3.05, 3.63) is 65.4 Å². The van der Waals surface area contributed by atoms with E-state index in [1.807, 2.05) is 4.90 Å². The molecule has 0 unspecified atom stereocenters. The van der Waals surface area contributed by atoms with Crippen LogP contribution in [0.15, 0.2) is 42.5 Å². The number of nitrogens with zero attached hydrogens (tertiary/aromatic N) is 4. The molecule has 3 fully saturated rings. The Kier molecular flexibility index (Phi) is 6.61. The van der Waals surface area contributed by atoms with Gasteiger partial charge < -0.3 is 14.4 Å². The second kappa shape index (κ2) is 9.97. The number of rotatable bonds is 4. The third-order valence-electron chi connectivity index (χ3n) is 8.35. The number of amides is 2. The van der Waals surface area contributed by atoms with Gasteiger partial charge >= 0.3 is 0 Å². The Morgan fingerprint density at radius 1 is 0.769 bits per heavy atom. The highest BCUT2D eigenvalue weighted by Crippen LogP contribution is 2.32. The van der Waals surface area contributed by atoms with Crippen molar-refractivity contribution in [1.29, 1.82) is 0 Å². The van der Waals surface area contributed by atoms with Crippen LogP contribution in [0.25, 0.3) is 16.6 Å². The average molecular weight is 543 g/mol. The van der Waals surface area contributed by atoms with Gasteiger partial charge in [-0.25, -0.2) is 17.6 Å². The lowest BCUT2D eigenvalue weighted by atomic mass is 9.91. The molecule has 3 aliphatic rings. The van der Waals surface area contributed by atoms with E-state index < -0.39 is 36.3 Å². The van der Waals surface area contributed by atoms with Gasteiger partial charge in [-0.2, -0.15) is 0 Å². The maximum absolute atomic E-state index is 14.2. The monoisotopic (exact) mass is 542 g/mol. The van der Waals surface area contributed by atoms with Gasteiger partial charge in [0.05, 0.1) is 11.2 Å². The smallest absolute Gasteiger partial charge is 0.270 e. The van der Waals surface area contributed by atoms with Crippen LogP contribution in [0.4, 0.5) is 17.6 Å². The van der Waals surface area contributed by atoms with Crippen LogP contribution in [-0.2, 0) is 0 Å². The molecule has 6 rings (SSSR count). The maximum atomic E-state index is 14.2. The van der Waals surface area contributed by atoms with E-state index in [0.29, 0.717) is 35.6 Å². The minimum atomic E-state index is -2.83. The van der Waals surface area contributed by atoms with E-state index >= 15 is 0 Å². The number of carbonyl (C=O) groups excluding carboxylic acids is 2. The molecule has 39 heavy (non-hydrogen) atoms. The second-order valence-corrected chi connectivity index (χ2v) is 10.8. The first-order valence-corrected chi connectivity index (χ1v) is 13.5. The lowest BCUT2D eigenvalue weighted by Gasteiger charge is -2.42. The molecule has 0 radical (unpaired) electrons. The fourth-order valence-electron chi connectivity index (χ4n) is 5.88. The van der Waals surface area contributed by atoms with Gasteiger partial charge in [-0.1, -0.05) is 6.42 Å². The number of piperidine rings is 1. The second-order valence-electron chi connectivity index (χ2n) is 10.8. The molecule has 2 aromatic carbocycles. The predicted octanol–water partition coefficient (Wildman–Crippen LogP) is 5.09. The molecule has 0 atom stereocenters. The van der Waals surface area contributed by atoms with E-state index in [4.69, 9.17) is 0 Å². The summed E-state index contributed by atoms with van der Waals surface area (Å²) < 4.78 is 57.3. The summed E-state index contributed by atoms with van der Waals surface area (Å²) in [5, 5.41) is 0.546. The topological polar surface area (TPSA) is 48.8 Å². The molecule has 3 heterocycles. The fraction of sp³-hybridized carbons (Fsp3) is 0.448. The molecule has 1 aliphatic carbocycles. The molecule has 0 bridgehead atoms. The van der Waals surface area contributed by atoms with Crippen molar-refractivity contribution < 1.29 is 27.2 Å². The largest absolute Gasteiger partial charge is 0.337 e. The maximum Gasteiger partial charge on any atom is 0.270 e. The molecule has 2 amide bonds. The van der Waals surface area contributed by atoms with Crippen molar-refractivity contribution in [3.63, 3.8) is 0 Å². The van der Waals surface area contributed by atoms with Gasteiger partial charge in [0.15, 0.2) is 0 Å². The number of likely N-dealkylation sites (tertiary alicyclic amines) is 1. The number of halogens is 4. The molecule has 1 aromatic heterocycles. The lowest BCUT2D eigenvalue weighted by molar-refractivity contribution is -0.0495. The van der Waals surface area contributed by atoms with Crippen LogP contribution in [0.5, 0.6) is 0 Å². The first-order chi connectivity index (χ1) is 18.7. The van der Waals surface area contributed by atoms with Crippen molar-refractivity contribution in [2.45, 2.75) is 44.1 Å². The summed E-state index contributed by atoms with van der Waals surface area (Å²) in [5.41, 5.74) is 1.13. The van der Waals surface area contributed by atoms with Crippen molar-refractivity contribution >= 4 is 22.7 Å². The zero-order chi connectivity index (χ0) is 27.3. The number of piperazine rings is 1. The Balaban J connectivity index is 1.33. The number of hydrogen-bond acceptors (Lipinski definition) is 3. The fourth-order valence-corrected chi connectivity index (χ4v) is 5.88. The summed E-state index contributed by atoms with van der Waals surface area (Å²) >= 11 is 0. The molecule has 1 saturated carbocycles. The van der Waals surface area contributed by atoms with Crippen LogP contribution >= 0.6 is 0 Å². The van der Waals surface area contributed by atoms with Gasteiger partial charge in [0.2, 0.25) is 0 Å². The molecule has 3 aromatic rings. The van der Waals surface area contributed by atoms with Crippen LogP contribution in [-0.4, -0.2) is 82.3 Å². The summed E-state index contributed by atoms with van der Waals surface area (Å²) in [4.78, 5) is 32.5. The molecular weight excluding hydrogens is 512 g/mol. The number of fused-ring (bicyclic) bond motifs is 1. The van der Waals surface area contributed by atoms with Crippen LogP contribution in [0.2, 0.25) is 0 Å². The quantitative estimate of drug-likeness (QED) is 0.432. The van der Waals surface area contributed by atoms with Gasteiger partial charge in [-0.15, -0.1) is 0 Å². The molecule has 10 heteroatoms. The zero-order valence-electron chi connectivity index (χ0n) is 21.5. The predicted molar refractivity (Wildman–Crippen MR) is 138 cm³/mol. The minimum Gasteiger partial charge on any atom is -0.337 e. The number of aromatic nitrogens is 1. The molecule has 2 saturated heterocycles. The molecule has 206 valence electrons. The number of alkyl halides is 2. The Labute approximate surface area is 223 Å².